The van der Waals surface area contributed by atoms with Gasteiger partial charge in [-0.1, -0.05) is 17.7 Å². The van der Waals surface area contributed by atoms with E-state index in [1.54, 1.807) is 0 Å². The quantitative estimate of drug-likeness (QED) is 0.806. The van der Waals surface area contributed by atoms with Crippen LogP contribution in [-0.2, 0) is 4.74 Å². The highest BCUT2D eigenvalue weighted by Gasteiger charge is 2.26. The monoisotopic (exact) mass is 375 g/mol. The second kappa shape index (κ2) is 8.68. The van der Waals surface area contributed by atoms with E-state index in [1.165, 1.54) is 35.2 Å². The fourth-order valence-electron chi connectivity index (χ4n) is 4.33. The van der Waals surface area contributed by atoms with Gasteiger partial charge in [-0.2, -0.15) is 0 Å². The molecule has 2 heterocycles. The van der Waals surface area contributed by atoms with Crippen LogP contribution in [0.1, 0.15) is 42.4 Å². The van der Waals surface area contributed by atoms with Crippen molar-refractivity contribution in [1.29, 1.82) is 0 Å². The van der Waals surface area contributed by atoms with Crippen LogP contribution in [0.25, 0.3) is 0 Å². The number of ether oxygens (including phenoxy) is 1. The Morgan fingerprint density at radius 2 is 1.85 bits per heavy atom. The fourth-order valence-corrected chi connectivity index (χ4v) is 4.62. The maximum absolute atomic E-state index is 5.79. The van der Waals surface area contributed by atoms with Gasteiger partial charge in [0.25, 0.3) is 0 Å². The minimum absolute atomic E-state index is 0.438. The number of hydrogen-bond acceptors (Lipinski definition) is 3. The molecule has 1 aromatic carbocycles. The van der Waals surface area contributed by atoms with Crippen molar-refractivity contribution in [1.82, 2.24) is 9.80 Å². The molecular weight excluding hydrogens is 342 g/mol. The number of aryl methyl sites for hydroxylation is 3. The molecule has 5 heteroatoms. The molecule has 2 aliphatic rings. The van der Waals surface area contributed by atoms with Crippen LogP contribution in [0.3, 0.4) is 0 Å². The summed E-state index contributed by atoms with van der Waals surface area (Å²) in [5, 5.41) is 4.36. The van der Waals surface area contributed by atoms with E-state index in [9.17, 15) is 0 Å². The summed E-state index contributed by atoms with van der Waals surface area (Å²) in [6.45, 7) is 10.5. The molecule has 1 aromatic rings. The molecule has 144 valence electrons. The molecule has 0 spiro atoms. The lowest BCUT2D eigenvalue weighted by Gasteiger charge is -2.38. The maximum Gasteiger partial charge on any atom is 0.173 e. The van der Waals surface area contributed by atoms with Gasteiger partial charge in [-0.3, -0.25) is 0 Å². The van der Waals surface area contributed by atoms with Crippen molar-refractivity contribution >= 4 is 23.0 Å². The Morgan fingerprint density at radius 3 is 2.42 bits per heavy atom. The third kappa shape index (κ3) is 4.76. The summed E-state index contributed by atoms with van der Waals surface area (Å²) in [5.41, 5.74) is 4.98. The van der Waals surface area contributed by atoms with Gasteiger partial charge >= 0.3 is 0 Å². The highest BCUT2D eigenvalue weighted by Crippen LogP contribution is 2.24. The van der Waals surface area contributed by atoms with E-state index in [4.69, 9.17) is 17.0 Å². The van der Waals surface area contributed by atoms with E-state index in [0.29, 0.717) is 12.1 Å². The summed E-state index contributed by atoms with van der Waals surface area (Å²) in [6, 6.07) is 5.06. The second-order valence-corrected chi connectivity index (χ2v) is 8.38. The van der Waals surface area contributed by atoms with Crippen molar-refractivity contribution < 1.29 is 4.74 Å². The highest BCUT2D eigenvalue weighted by molar-refractivity contribution is 7.80. The summed E-state index contributed by atoms with van der Waals surface area (Å²) in [7, 11) is 2.25. The van der Waals surface area contributed by atoms with Gasteiger partial charge in [-0.25, -0.2) is 0 Å². The zero-order valence-corrected chi connectivity index (χ0v) is 17.5. The Labute approximate surface area is 163 Å². The van der Waals surface area contributed by atoms with E-state index < -0.39 is 0 Å². The zero-order valence-electron chi connectivity index (χ0n) is 16.7. The van der Waals surface area contributed by atoms with Crippen molar-refractivity contribution in [3.63, 3.8) is 0 Å². The molecular formula is C21H33N3OS. The molecule has 0 bridgehead atoms. The second-order valence-electron chi connectivity index (χ2n) is 8.00. The molecule has 0 aromatic heterocycles. The zero-order chi connectivity index (χ0) is 18.7. The number of hydrogen-bond donors (Lipinski definition) is 1. The van der Waals surface area contributed by atoms with E-state index in [1.807, 2.05) is 0 Å². The van der Waals surface area contributed by atoms with Crippen LogP contribution in [0.5, 0.6) is 0 Å². The summed E-state index contributed by atoms with van der Waals surface area (Å²) in [5.74, 6) is 0. The summed E-state index contributed by atoms with van der Waals surface area (Å²) in [4.78, 5) is 4.82. The van der Waals surface area contributed by atoms with Crippen molar-refractivity contribution in [2.75, 3.05) is 38.6 Å². The number of thiocarbonyl (C=S) groups is 1. The Balaban J connectivity index is 1.50. The average Bonchev–Trinajstić information content (AvgIpc) is 3.11. The van der Waals surface area contributed by atoms with E-state index in [-0.39, 0.29) is 0 Å². The van der Waals surface area contributed by atoms with Crippen molar-refractivity contribution in [3.05, 3.63) is 28.8 Å². The molecule has 2 fully saturated rings. The Bertz CT molecular complexity index is 611. The van der Waals surface area contributed by atoms with Gasteiger partial charge < -0.3 is 19.9 Å². The predicted octanol–water partition coefficient (Wildman–Crippen LogP) is 3.88. The van der Waals surface area contributed by atoms with Crippen molar-refractivity contribution in [2.24, 2.45) is 0 Å². The summed E-state index contributed by atoms with van der Waals surface area (Å²) < 4.78 is 5.79. The standard InChI is InChI=1S/C21H33N3OS/c1-15-12-16(2)20(17(3)13-15)22-21(26)24-9-7-18(8-10-24)23(4)14-19-6-5-11-25-19/h12-13,18-19H,5-11,14H2,1-4H3,(H,22,26)/t19-/m1/s1. The minimum Gasteiger partial charge on any atom is -0.377 e. The smallest absolute Gasteiger partial charge is 0.173 e. The SMILES string of the molecule is Cc1cc(C)c(NC(=S)N2CCC(N(C)C[C@H]3CCCO3)CC2)c(C)c1. The molecule has 2 aliphatic heterocycles. The number of anilines is 1. The van der Waals surface area contributed by atoms with Gasteiger partial charge in [0, 0.05) is 38.0 Å². The number of nitrogens with one attached hydrogen (secondary N) is 1. The summed E-state index contributed by atoms with van der Waals surface area (Å²) >= 11 is 5.71. The Morgan fingerprint density at radius 1 is 1.19 bits per heavy atom. The van der Waals surface area contributed by atoms with Gasteiger partial charge in [-0.15, -0.1) is 0 Å². The van der Waals surface area contributed by atoms with Crippen LogP contribution in [0, 0.1) is 20.8 Å². The first kappa shape index (κ1) is 19.6. The Hall–Kier alpha value is -1.17. The van der Waals surface area contributed by atoms with E-state index in [0.717, 1.165) is 44.2 Å². The maximum atomic E-state index is 5.79. The highest BCUT2D eigenvalue weighted by atomic mass is 32.1. The minimum atomic E-state index is 0.438. The van der Waals surface area contributed by atoms with Gasteiger partial charge in [0.1, 0.15) is 0 Å². The lowest BCUT2D eigenvalue weighted by atomic mass is 10.0. The van der Waals surface area contributed by atoms with Crippen molar-refractivity contribution in [3.8, 4) is 0 Å². The van der Waals surface area contributed by atoms with Gasteiger partial charge in [-0.05, 0) is 76.8 Å². The Kier molecular flexibility index (Phi) is 6.54. The molecule has 4 nitrogen and oxygen atoms in total. The number of rotatable bonds is 4. The largest absolute Gasteiger partial charge is 0.377 e. The molecule has 0 aliphatic carbocycles. The van der Waals surface area contributed by atoms with Crippen molar-refractivity contribution in [2.45, 2.75) is 58.6 Å². The molecule has 0 unspecified atom stereocenters. The first-order valence-electron chi connectivity index (χ1n) is 9.89. The first-order chi connectivity index (χ1) is 12.4. The van der Waals surface area contributed by atoms with E-state index in [2.05, 4.69) is 55.1 Å². The van der Waals surface area contributed by atoms with Crippen LogP contribution < -0.4 is 5.32 Å². The number of piperidine rings is 1. The molecule has 0 radical (unpaired) electrons. The third-order valence-corrected chi connectivity index (χ3v) is 6.16. The average molecular weight is 376 g/mol. The number of benzene rings is 1. The van der Waals surface area contributed by atoms with Gasteiger partial charge in [0.15, 0.2) is 5.11 Å². The molecule has 26 heavy (non-hydrogen) atoms. The predicted molar refractivity (Wildman–Crippen MR) is 113 cm³/mol. The molecule has 0 saturated carbocycles. The normalized spacial score (nSPS) is 21.4. The van der Waals surface area contributed by atoms with Gasteiger partial charge in [0.2, 0.25) is 0 Å². The number of likely N-dealkylation sites (tertiary alicyclic amines) is 1. The molecule has 1 atom stereocenters. The lowest BCUT2D eigenvalue weighted by Crippen LogP contribution is -2.48. The number of likely N-dealkylation sites (N-methyl/N-ethyl adjacent to an activating group) is 1. The fraction of sp³-hybridized carbons (Fsp3) is 0.667. The van der Waals surface area contributed by atoms with Crippen LogP contribution in [0.2, 0.25) is 0 Å². The third-order valence-electron chi connectivity index (χ3n) is 5.80. The van der Waals surface area contributed by atoms with E-state index >= 15 is 0 Å². The van der Waals surface area contributed by atoms with Gasteiger partial charge in [0.05, 0.1) is 6.10 Å². The topological polar surface area (TPSA) is 27.7 Å². The molecule has 1 N–H and O–H groups in total. The first-order valence-corrected chi connectivity index (χ1v) is 10.3. The lowest BCUT2D eigenvalue weighted by molar-refractivity contribution is 0.0576. The molecule has 2 saturated heterocycles. The molecule has 3 rings (SSSR count). The van der Waals surface area contributed by atoms with Crippen LogP contribution >= 0.6 is 12.2 Å². The van der Waals surface area contributed by atoms with Crippen LogP contribution in [0.4, 0.5) is 5.69 Å². The number of nitrogens with zero attached hydrogens (tertiary/aromatic N) is 2. The van der Waals surface area contributed by atoms with Crippen LogP contribution in [-0.4, -0.2) is 60.3 Å². The van der Waals surface area contributed by atoms with Crippen LogP contribution in [0.15, 0.2) is 12.1 Å². The summed E-state index contributed by atoms with van der Waals surface area (Å²) in [6.07, 6.45) is 5.20. The molecule has 0 amide bonds.